The van der Waals surface area contributed by atoms with Crippen molar-refractivity contribution in [1.82, 2.24) is 4.90 Å². The third-order valence-corrected chi connectivity index (χ3v) is 6.06. The third kappa shape index (κ3) is 2.12. The molecule has 2 N–H and O–H groups in total. The van der Waals surface area contributed by atoms with E-state index in [-0.39, 0.29) is 0 Å². The standard InChI is InChI=1S/C16H30N2/c1-13-8-9-16(11-13,12-17)18-10-4-7-15(18)14-5-2-3-6-14/h13-15H,2-12,17H2,1H3. The predicted molar refractivity (Wildman–Crippen MR) is 76.5 cm³/mol. The van der Waals surface area contributed by atoms with Crippen molar-refractivity contribution in [1.29, 1.82) is 0 Å². The fourth-order valence-electron chi connectivity index (χ4n) is 5.15. The van der Waals surface area contributed by atoms with Crippen LogP contribution in [0.4, 0.5) is 0 Å². The van der Waals surface area contributed by atoms with E-state index >= 15 is 0 Å². The molecule has 0 aromatic carbocycles. The van der Waals surface area contributed by atoms with E-state index in [4.69, 9.17) is 5.73 Å². The van der Waals surface area contributed by atoms with Crippen molar-refractivity contribution in [2.75, 3.05) is 13.1 Å². The van der Waals surface area contributed by atoms with E-state index in [2.05, 4.69) is 11.8 Å². The van der Waals surface area contributed by atoms with E-state index in [1.807, 2.05) is 0 Å². The molecule has 3 rings (SSSR count). The molecule has 1 saturated heterocycles. The zero-order valence-electron chi connectivity index (χ0n) is 12.0. The summed E-state index contributed by atoms with van der Waals surface area (Å²) in [6.45, 7) is 4.63. The fraction of sp³-hybridized carbons (Fsp3) is 1.00. The van der Waals surface area contributed by atoms with Crippen LogP contribution in [0.25, 0.3) is 0 Å². The quantitative estimate of drug-likeness (QED) is 0.833. The largest absolute Gasteiger partial charge is 0.329 e. The second-order valence-corrected chi connectivity index (χ2v) is 7.22. The molecule has 0 amide bonds. The van der Waals surface area contributed by atoms with Crippen molar-refractivity contribution in [3.8, 4) is 0 Å². The van der Waals surface area contributed by atoms with E-state index < -0.39 is 0 Å². The molecule has 104 valence electrons. The SMILES string of the molecule is CC1CCC(CN)(N2CCCC2C2CCCC2)C1. The lowest BCUT2D eigenvalue weighted by Gasteiger charge is -2.44. The van der Waals surface area contributed by atoms with Gasteiger partial charge in [-0.25, -0.2) is 0 Å². The molecule has 2 aliphatic carbocycles. The summed E-state index contributed by atoms with van der Waals surface area (Å²) >= 11 is 0. The van der Waals surface area contributed by atoms with Gasteiger partial charge >= 0.3 is 0 Å². The van der Waals surface area contributed by atoms with Crippen LogP contribution in [-0.4, -0.2) is 29.6 Å². The first kappa shape index (κ1) is 12.9. The van der Waals surface area contributed by atoms with Gasteiger partial charge in [0.1, 0.15) is 0 Å². The molecule has 0 aromatic heterocycles. The number of hydrogen-bond donors (Lipinski definition) is 1. The van der Waals surface area contributed by atoms with Gasteiger partial charge in [-0.3, -0.25) is 4.90 Å². The smallest absolute Gasteiger partial charge is 0.0337 e. The average molecular weight is 250 g/mol. The monoisotopic (exact) mass is 250 g/mol. The number of nitrogens with zero attached hydrogens (tertiary/aromatic N) is 1. The average Bonchev–Trinajstić information content (AvgIpc) is 3.08. The van der Waals surface area contributed by atoms with Crippen LogP contribution in [0.1, 0.15) is 64.7 Å². The Bertz CT molecular complexity index is 285. The molecule has 0 radical (unpaired) electrons. The minimum Gasteiger partial charge on any atom is -0.329 e. The first-order valence-electron chi connectivity index (χ1n) is 8.22. The van der Waals surface area contributed by atoms with Crippen LogP contribution in [0, 0.1) is 11.8 Å². The van der Waals surface area contributed by atoms with E-state index in [1.165, 1.54) is 64.3 Å². The van der Waals surface area contributed by atoms with Crippen molar-refractivity contribution >= 4 is 0 Å². The fourth-order valence-corrected chi connectivity index (χ4v) is 5.15. The molecule has 3 atom stereocenters. The Morgan fingerprint density at radius 3 is 2.50 bits per heavy atom. The van der Waals surface area contributed by atoms with Crippen LogP contribution in [-0.2, 0) is 0 Å². The molecule has 0 aromatic rings. The second kappa shape index (κ2) is 5.13. The maximum absolute atomic E-state index is 6.23. The van der Waals surface area contributed by atoms with Crippen molar-refractivity contribution in [3.63, 3.8) is 0 Å². The van der Waals surface area contributed by atoms with Gasteiger partial charge in [-0.15, -0.1) is 0 Å². The Morgan fingerprint density at radius 2 is 1.89 bits per heavy atom. The van der Waals surface area contributed by atoms with E-state index in [1.54, 1.807) is 0 Å². The summed E-state index contributed by atoms with van der Waals surface area (Å²) in [6.07, 6.45) is 12.9. The highest BCUT2D eigenvalue weighted by molar-refractivity contribution is 5.03. The summed E-state index contributed by atoms with van der Waals surface area (Å²) in [7, 11) is 0. The minimum absolute atomic E-state index is 0.378. The molecule has 18 heavy (non-hydrogen) atoms. The van der Waals surface area contributed by atoms with Gasteiger partial charge in [0.15, 0.2) is 0 Å². The first-order valence-corrected chi connectivity index (χ1v) is 8.22. The lowest BCUT2D eigenvalue weighted by molar-refractivity contribution is 0.0555. The second-order valence-electron chi connectivity index (χ2n) is 7.22. The molecule has 3 fully saturated rings. The number of likely N-dealkylation sites (tertiary alicyclic amines) is 1. The Hall–Kier alpha value is -0.0800. The highest BCUT2D eigenvalue weighted by atomic mass is 15.3. The van der Waals surface area contributed by atoms with Crippen molar-refractivity contribution < 1.29 is 0 Å². The first-order chi connectivity index (χ1) is 8.75. The van der Waals surface area contributed by atoms with Crippen molar-refractivity contribution in [3.05, 3.63) is 0 Å². The van der Waals surface area contributed by atoms with Crippen LogP contribution >= 0.6 is 0 Å². The molecule has 3 aliphatic rings. The molecular formula is C16H30N2. The Balaban J connectivity index is 1.76. The molecule has 1 heterocycles. The van der Waals surface area contributed by atoms with Gasteiger partial charge in [0.25, 0.3) is 0 Å². The Labute approximate surface area is 112 Å². The van der Waals surface area contributed by atoms with Crippen LogP contribution in [0.5, 0.6) is 0 Å². The molecular weight excluding hydrogens is 220 g/mol. The number of hydrogen-bond acceptors (Lipinski definition) is 2. The molecule has 2 nitrogen and oxygen atoms in total. The van der Waals surface area contributed by atoms with Gasteiger partial charge in [0.2, 0.25) is 0 Å². The summed E-state index contributed by atoms with van der Waals surface area (Å²) in [5, 5.41) is 0. The molecule has 1 aliphatic heterocycles. The minimum atomic E-state index is 0.378. The van der Waals surface area contributed by atoms with Crippen molar-refractivity contribution in [2.24, 2.45) is 17.6 Å². The Morgan fingerprint density at radius 1 is 1.11 bits per heavy atom. The van der Waals surface area contributed by atoms with Crippen molar-refractivity contribution in [2.45, 2.75) is 76.3 Å². The van der Waals surface area contributed by atoms with E-state index in [0.717, 1.165) is 24.4 Å². The van der Waals surface area contributed by atoms with Gasteiger partial charge in [0, 0.05) is 18.1 Å². The Kier molecular flexibility index (Phi) is 3.68. The summed E-state index contributed by atoms with van der Waals surface area (Å²) < 4.78 is 0. The van der Waals surface area contributed by atoms with Gasteiger partial charge < -0.3 is 5.73 Å². The highest BCUT2D eigenvalue weighted by Crippen LogP contribution is 2.45. The topological polar surface area (TPSA) is 29.3 Å². The van der Waals surface area contributed by atoms with Gasteiger partial charge in [-0.1, -0.05) is 19.8 Å². The third-order valence-electron chi connectivity index (χ3n) is 6.06. The van der Waals surface area contributed by atoms with Crippen LogP contribution in [0.15, 0.2) is 0 Å². The predicted octanol–water partition coefficient (Wildman–Crippen LogP) is 3.16. The van der Waals surface area contributed by atoms with Crippen LogP contribution in [0.3, 0.4) is 0 Å². The normalized spacial score (nSPS) is 43.0. The van der Waals surface area contributed by atoms with Crippen LogP contribution < -0.4 is 5.73 Å². The summed E-state index contributed by atoms with van der Waals surface area (Å²) in [6, 6.07) is 0.876. The zero-order chi connectivity index (χ0) is 12.6. The van der Waals surface area contributed by atoms with Crippen LogP contribution in [0.2, 0.25) is 0 Å². The van der Waals surface area contributed by atoms with Gasteiger partial charge in [-0.2, -0.15) is 0 Å². The molecule has 2 saturated carbocycles. The number of rotatable bonds is 3. The maximum atomic E-state index is 6.23. The molecule has 0 spiro atoms. The summed E-state index contributed by atoms with van der Waals surface area (Å²) in [5.41, 5.74) is 6.61. The highest BCUT2D eigenvalue weighted by Gasteiger charge is 2.47. The van der Waals surface area contributed by atoms with Gasteiger partial charge in [0.05, 0.1) is 0 Å². The van der Waals surface area contributed by atoms with E-state index in [0.29, 0.717) is 5.54 Å². The number of nitrogens with two attached hydrogens (primary N) is 1. The maximum Gasteiger partial charge on any atom is 0.0337 e. The lowest BCUT2D eigenvalue weighted by atomic mass is 9.88. The molecule has 0 bridgehead atoms. The van der Waals surface area contributed by atoms with Gasteiger partial charge in [-0.05, 0) is 63.3 Å². The molecule has 2 heteroatoms. The summed E-state index contributed by atoms with van der Waals surface area (Å²) in [5.74, 6) is 1.88. The molecule has 3 unspecified atom stereocenters. The lowest BCUT2D eigenvalue weighted by Crippen LogP contribution is -2.55. The summed E-state index contributed by atoms with van der Waals surface area (Å²) in [4.78, 5) is 2.88. The van der Waals surface area contributed by atoms with E-state index in [9.17, 15) is 0 Å². The zero-order valence-corrected chi connectivity index (χ0v) is 12.0.